The second-order valence-electron chi connectivity index (χ2n) is 6.14. The standard InChI is InChI=1S/C20H29F3O4/c21-20(22,23)16-9-5-1-2-6-11-17(24)12-7-3-4-8-13-18(25)14-10-15-19(26)27/h2-4,6-8,12-13,17-18,24-25H,1,5,9-11,14-16H2,(H,26,27)/b4-3+,6-2?,12-7+,13-8?/t17-,18-/m1/s1. The Morgan fingerprint density at radius 1 is 0.889 bits per heavy atom. The van der Waals surface area contributed by atoms with E-state index in [0.717, 1.165) is 0 Å². The number of rotatable bonds is 14. The molecule has 0 aromatic carbocycles. The molecular formula is C20H29F3O4. The first kappa shape index (κ1) is 25.1. The summed E-state index contributed by atoms with van der Waals surface area (Å²) in [5.74, 6) is -0.883. The molecule has 2 atom stereocenters. The van der Waals surface area contributed by atoms with Crippen LogP contribution >= 0.6 is 0 Å². The Morgan fingerprint density at radius 2 is 1.52 bits per heavy atom. The van der Waals surface area contributed by atoms with Gasteiger partial charge in [0.2, 0.25) is 0 Å². The Balaban J connectivity index is 3.82. The molecule has 7 heteroatoms. The van der Waals surface area contributed by atoms with Crippen LogP contribution in [0.3, 0.4) is 0 Å². The van der Waals surface area contributed by atoms with Crippen LogP contribution in [0.1, 0.15) is 51.4 Å². The number of carboxylic acids is 1. The molecule has 3 N–H and O–H groups in total. The lowest BCUT2D eigenvalue weighted by molar-refractivity contribution is -0.137. The lowest BCUT2D eigenvalue weighted by atomic mass is 10.1. The van der Waals surface area contributed by atoms with E-state index in [1.165, 1.54) is 0 Å². The molecule has 27 heavy (non-hydrogen) atoms. The summed E-state index contributed by atoms with van der Waals surface area (Å²) in [5.41, 5.74) is 0. The van der Waals surface area contributed by atoms with Gasteiger partial charge in [-0.2, -0.15) is 13.2 Å². The van der Waals surface area contributed by atoms with Gasteiger partial charge in [-0.15, -0.1) is 0 Å². The van der Waals surface area contributed by atoms with E-state index in [0.29, 0.717) is 32.1 Å². The summed E-state index contributed by atoms with van der Waals surface area (Å²) in [6, 6.07) is 0. The lowest BCUT2D eigenvalue weighted by Crippen LogP contribution is -2.05. The molecule has 4 nitrogen and oxygen atoms in total. The number of allylic oxidation sites excluding steroid dienone is 5. The van der Waals surface area contributed by atoms with E-state index in [1.54, 1.807) is 48.6 Å². The zero-order valence-corrected chi connectivity index (χ0v) is 15.3. The Morgan fingerprint density at radius 3 is 2.11 bits per heavy atom. The zero-order chi connectivity index (χ0) is 20.5. The summed E-state index contributed by atoms with van der Waals surface area (Å²) in [4.78, 5) is 10.3. The van der Waals surface area contributed by atoms with Crippen LogP contribution in [-0.4, -0.2) is 39.7 Å². The van der Waals surface area contributed by atoms with Crippen molar-refractivity contribution in [3.8, 4) is 0 Å². The van der Waals surface area contributed by atoms with E-state index in [1.807, 2.05) is 0 Å². The predicted molar refractivity (Wildman–Crippen MR) is 99.2 cm³/mol. The maximum absolute atomic E-state index is 11.9. The number of carbonyl (C=O) groups is 1. The highest BCUT2D eigenvalue weighted by molar-refractivity contribution is 5.66. The molecule has 0 fully saturated rings. The number of aliphatic carboxylic acids is 1. The van der Waals surface area contributed by atoms with Crippen LogP contribution in [0.5, 0.6) is 0 Å². The molecule has 0 heterocycles. The maximum atomic E-state index is 11.9. The van der Waals surface area contributed by atoms with Crippen molar-refractivity contribution in [2.24, 2.45) is 0 Å². The van der Waals surface area contributed by atoms with Gasteiger partial charge in [-0.25, -0.2) is 0 Å². The van der Waals surface area contributed by atoms with E-state index in [2.05, 4.69) is 0 Å². The van der Waals surface area contributed by atoms with Crippen molar-refractivity contribution < 1.29 is 33.3 Å². The van der Waals surface area contributed by atoms with Crippen molar-refractivity contribution in [3.63, 3.8) is 0 Å². The Hall–Kier alpha value is -1.86. The number of halogens is 3. The third-order valence-corrected chi connectivity index (χ3v) is 3.52. The minimum atomic E-state index is -4.09. The first-order valence-electron chi connectivity index (χ1n) is 9.02. The third-order valence-electron chi connectivity index (χ3n) is 3.52. The van der Waals surface area contributed by atoms with Gasteiger partial charge in [-0.3, -0.25) is 4.79 Å². The van der Waals surface area contributed by atoms with Gasteiger partial charge in [0.25, 0.3) is 0 Å². The molecule has 0 unspecified atom stereocenters. The minimum absolute atomic E-state index is 0.0311. The van der Waals surface area contributed by atoms with Crippen molar-refractivity contribution >= 4 is 5.97 Å². The van der Waals surface area contributed by atoms with E-state index >= 15 is 0 Å². The van der Waals surface area contributed by atoms with Gasteiger partial charge < -0.3 is 15.3 Å². The molecule has 0 aromatic rings. The molecule has 0 radical (unpaired) electrons. The Kier molecular flexibility index (Phi) is 14.2. The minimum Gasteiger partial charge on any atom is -0.481 e. The molecule has 0 saturated carbocycles. The summed E-state index contributed by atoms with van der Waals surface area (Å²) >= 11 is 0. The van der Waals surface area contributed by atoms with Gasteiger partial charge in [-0.05, 0) is 38.5 Å². The highest BCUT2D eigenvalue weighted by Crippen LogP contribution is 2.22. The molecule has 154 valence electrons. The molecular weight excluding hydrogens is 361 g/mol. The molecule has 0 spiro atoms. The fraction of sp³-hybridized carbons (Fsp3) is 0.550. The molecule has 0 aliphatic carbocycles. The largest absolute Gasteiger partial charge is 0.481 e. The summed E-state index contributed by atoms with van der Waals surface area (Å²) < 4.78 is 35.8. The highest BCUT2D eigenvalue weighted by atomic mass is 19.4. The molecule has 0 saturated heterocycles. The van der Waals surface area contributed by atoms with Crippen molar-refractivity contribution in [1.29, 1.82) is 0 Å². The van der Waals surface area contributed by atoms with Crippen molar-refractivity contribution in [3.05, 3.63) is 48.6 Å². The number of carboxylic acid groups (broad SMARTS) is 1. The van der Waals surface area contributed by atoms with Crippen LogP contribution in [0.25, 0.3) is 0 Å². The fourth-order valence-corrected chi connectivity index (χ4v) is 2.09. The van der Waals surface area contributed by atoms with Crippen LogP contribution in [0.2, 0.25) is 0 Å². The molecule has 0 aromatic heterocycles. The van der Waals surface area contributed by atoms with E-state index in [9.17, 15) is 28.2 Å². The van der Waals surface area contributed by atoms with E-state index in [-0.39, 0.29) is 12.8 Å². The second kappa shape index (κ2) is 15.2. The number of hydrogen-bond acceptors (Lipinski definition) is 3. The number of unbranched alkanes of at least 4 members (excludes halogenated alkanes) is 2. The van der Waals surface area contributed by atoms with Gasteiger partial charge in [0.05, 0.1) is 12.2 Å². The zero-order valence-electron chi connectivity index (χ0n) is 15.3. The molecule has 0 aliphatic rings. The SMILES string of the molecule is O=C(O)CCC[C@H](O)C=C/C=C/C=C/[C@H](O)CC=CCCCCC(F)(F)F. The summed E-state index contributed by atoms with van der Waals surface area (Å²) in [6.07, 6.45) is 9.48. The van der Waals surface area contributed by atoms with Gasteiger partial charge >= 0.3 is 12.1 Å². The van der Waals surface area contributed by atoms with Gasteiger partial charge in [0.15, 0.2) is 0 Å². The second-order valence-corrected chi connectivity index (χ2v) is 6.14. The van der Waals surface area contributed by atoms with Crippen molar-refractivity contribution in [2.75, 3.05) is 0 Å². The molecule has 0 rings (SSSR count). The first-order valence-corrected chi connectivity index (χ1v) is 9.02. The van der Waals surface area contributed by atoms with Crippen LogP contribution in [0.15, 0.2) is 48.6 Å². The van der Waals surface area contributed by atoms with E-state index < -0.39 is 30.8 Å². The number of hydrogen-bond donors (Lipinski definition) is 3. The van der Waals surface area contributed by atoms with Crippen molar-refractivity contribution in [2.45, 2.75) is 69.8 Å². The van der Waals surface area contributed by atoms with Gasteiger partial charge in [0, 0.05) is 12.8 Å². The van der Waals surface area contributed by atoms with Crippen LogP contribution in [0.4, 0.5) is 13.2 Å². The highest BCUT2D eigenvalue weighted by Gasteiger charge is 2.25. The maximum Gasteiger partial charge on any atom is 0.389 e. The van der Waals surface area contributed by atoms with Crippen LogP contribution in [0, 0.1) is 0 Å². The summed E-state index contributed by atoms with van der Waals surface area (Å²) in [5, 5.41) is 27.8. The summed E-state index contributed by atoms with van der Waals surface area (Å²) in [7, 11) is 0. The van der Waals surface area contributed by atoms with Crippen LogP contribution < -0.4 is 0 Å². The average Bonchev–Trinajstić information content (AvgIpc) is 2.55. The quantitative estimate of drug-likeness (QED) is 0.228. The average molecular weight is 390 g/mol. The number of aliphatic hydroxyl groups is 2. The van der Waals surface area contributed by atoms with Gasteiger partial charge in [-0.1, -0.05) is 48.6 Å². The predicted octanol–water partition coefficient (Wildman–Crippen LogP) is 4.70. The Bertz CT molecular complexity index is 508. The smallest absolute Gasteiger partial charge is 0.389 e. The Labute approximate surface area is 158 Å². The van der Waals surface area contributed by atoms with Crippen LogP contribution in [-0.2, 0) is 4.79 Å². The fourth-order valence-electron chi connectivity index (χ4n) is 2.09. The van der Waals surface area contributed by atoms with E-state index in [4.69, 9.17) is 5.11 Å². The van der Waals surface area contributed by atoms with Gasteiger partial charge in [0.1, 0.15) is 0 Å². The normalized spacial score (nSPS) is 15.4. The van der Waals surface area contributed by atoms with Crippen molar-refractivity contribution in [1.82, 2.24) is 0 Å². The third kappa shape index (κ3) is 20.3. The topological polar surface area (TPSA) is 77.8 Å². The number of alkyl halides is 3. The molecule has 0 aliphatic heterocycles. The summed E-state index contributed by atoms with van der Waals surface area (Å²) in [6.45, 7) is 0. The molecule has 0 amide bonds. The molecule has 0 bridgehead atoms. The lowest BCUT2D eigenvalue weighted by Gasteiger charge is -2.04. The number of aliphatic hydroxyl groups excluding tert-OH is 2. The first-order chi connectivity index (χ1) is 12.7. The monoisotopic (exact) mass is 390 g/mol.